The molecule has 0 saturated carbocycles. The zero-order chi connectivity index (χ0) is 19.9. The second-order valence-electron chi connectivity index (χ2n) is 6.77. The van der Waals surface area contributed by atoms with E-state index in [0.717, 1.165) is 29.8 Å². The molecule has 2 N–H and O–H groups in total. The van der Waals surface area contributed by atoms with Crippen molar-refractivity contribution in [2.75, 3.05) is 12.4 Å². The van der Waals surface area contributed by atoms with Gasteiger partial charge in [-0.1, -0.05) is 36.4 Å². The predicted molar refractivity (Wildman–Crippen MR) is 115 cm³/mol. The highest BCUT2D eigenvalue weighted by Gasteiger charge is 2.14. The Balaban J connectivity index is 1.57. The van der Waals surface area contributed by atoms with Gasteiger partial charge in [0.25, 0.3) is 5.91 Å². The summed E-state index contributed by atoms with van der Waals surface area (Å²) in [6.07, 6.45) is 1.81. The number of aromatic nitrogens is 1. The van der Waals surface area contributed by atoms with E-state index >= 15 is 0 Å². The Morgan fingerprint density at radius 1 is 1.21 bits per heavy atom. The molecule has 1 aromatic heterocycles. The number of methoxy groups -OCH3 is 1. The van der Waals surface area contributed by atoms with Crippen molar-refractivity contribution in [1.82, 2.24) is 10.3 Å². The lowest BCUT2D eigenvalue weighted by atomic mass is 10.1. The highest BCUT2D eigenvalue weighted by molar-refractivity contribution is 7.14. The van der Waals surface area contributed by atoms with Crippen LogP contribution in [-0.2, 0) is 6.42 Å². The van der Waals surface area contributed by atoms with Gasteiger partial charge >= 0.3 is 0 Å². The Hall–Kier alpha value is -2.86. The standard InChI is InChI=1S/C22H25N3O2S/c1-15-9-12-20(27-3)18(13-15)24-22-25-19(14-28-22)21(26)23-16(2)10-11-17-7-5-4-6-8-17/h4-9,12-14,16H,10-11H2,1-3H3,(H,23,26)(H,24,25). The lowest BCUT2D eigenvalue weighted by Crippen LogP contribution is -2.33. The summed E-state index contributed by atoms with van der Waals surface area (Å²) in [4.78, 5) is 16.9. The molecule has 1 heterocycles. The van der Waals surface area contributed by atoms with Crippen molar-refractivity contribution in [2.45, 2.75) is 32.7 Å². The van der Waals surface area contributed by atoms with E-state index in [4.69, 9.17) is 4.74 Å². The van der Waals surface area contributed by atoms with Gasteiger partial charge in [0.15, 0.2) is 5.13 Å². The van der Waals surface area contributed by atoms with Crippen LogP contribution in [0.15, 0.2) is 53.9 Å². The van der Waals surface area contributed by atoms with Crippen molar-refractivity contribution in [3.8, 4) is 5.75 Å². The summed E-state index contributed by atoms with van der Waals surface area (Å²) < 4.78 is 5.38. The van der Waals surface area contributed by atoms with Gasteiger partial charge in [-0.25, -0.2) is 4.98 Å². The molecule has 0 aliphatic rings. The molecule has 1 unspecified atom stereocenters. The summed E-state index contributed by atoms with van der Waals surface area (Å²) in [5, 5.41) is 8.70. The maximum atomic E-state index is 12.5. The van der Waals surface area contributed by atoms with Crippen molar-refractivity contribution >= 4 is 28.1 Å². The number of aryl methyl sites for hydroxylation is 2. The zero-order valence-corrected chi connectivity index (χ0v) is 17.2. The molecule has 0 aliphatic carbocycles. The monoisotopic (exact) mass is 395 g/mol. The minimum atomic E-state index is -0.152. The second-order valence-corrected chi connectivity index (χ2v) is 7.62. The van der Waals surface area contributed by atoms with E-state index in [1.54, 1.807) is 12.5 Å². The molecule has 0 radical (unpaired) electrons. The number of hydrogen-bond donors (Lipinski definition) is 2. The summed E-state index contributed by atoms with van der Waals surface area (Å²) in [6.45, 7) is 4.03. The van der Waals surface area contributed by atoms with Gasteiger partial charge in [-0.3, -0.25) is 4.79 Å². The fourth-order valence-electron chi connectivity index (χ4n) is 2.87. The Morgan fingerprint density at radius 3 is 2.75 bits per heavy atom. The SMILES string of the molecule is COc1ccc(C)cc1Nc1nc(C(=O)NC(C)CCc2ccccc2)cs1. The first-order valence-electron chi connectivity index (χ1n) is 9.27. The van der Waals surface area contributed by atoms with Crippen LogP contribution in [-0.4, -0.2) is 24.0 Å². The van der Waals surface area contributed by atoms with Crippen LogP contribution >= 0.6 is 11.3 Å². The fraction of sp³-hybridized carbons (Fsp3) is 0.273. The molecule has 0 fully saturated rings. The first-order chi connectivity index (χ1) is 13.5. The first-order valence-corrected chi connectivity index (χ1v) is 10.1. The summed E-state index contributed by atoms with van der Waals surface area (Å²) in [5.74, 6) is 0.586. The highest BCUT2D eigenvalue weighted by atomic mass is 32.1. The molecule has 5 nitrogen and oxygen atoms in total. The number of rotatable bonds is 8. The molecular weight excluding hydrogens is 370 g/mol. The van der Waals surface area contributed by atoms with E-state index in [9.17, 15) is 4.79 Å². The maximum absolute atomic E-state index is 12.5. The van der Waals surface area contributed by atoms with Crippen molar-refractivity contribution in [3.63, 3.8) is 0 Å². The second kappa shape index (κ2) is 9.37. The van der Waals surface area contributed by atoms with Crippen LogP contribution in [0.3, 0.4) is 0 Å². The van der Waals surface area contributed by atoms with E-state index in [1.165, 1.54) is 16.9 Å². The van der Waals surface area contributed by atoms with Gasteiger partial charge in [-0.15, -0.1) is 11.3 Å². The molecule has 28 heavy (non-hydrogen) atoms. The fourth-order valence-corrected chi connectivity index (χ4v) is 3.57. The van der Waals surface area contributed by atoms with Gasteiger partial charge in [0.05, 0.1) is 12.8 Å². The maximum Gasteiger partial charge on any atom is 0.271 e. The van der Waals surface area contributed by atoms with Gasteiger partial charge in [-0.2, -0.15) is 0 Å². The van der Waals surface area contributed by atoms with Crippen molar-refractivity contribution in [3.05, 3.63) is 70.7 Å². The van der Waals surface area contributed by atoms with Crippen LogP contribution in [0.1, 0.15) is 35.0 Å². The van der Waals surface area contributed by atoms with Crippen molar-refractivity contribution < 1.29 is 9.53 Å². The third-order valence-electron chi connectivity index (χ3n) is 4.42. The lowest BCUT2D eigenvalue weighted by Gasteiger charge is -2.13. The van der Waals surface area contributed by atoms with Gasteiger partial charge in [0, 0.05) is 11.4 Å². The van der Waals surface area contributed by atoms with Gasteiger partial charge in [0.2, 0.25) is 0 Å². The molecule has 6 heteroatoms. The average molecular weight is 396 g/mol. The number of nitrogens with one attached hydrogen (secondary N) is 2. The summed E-state index contributed by atoms with van der Waals surface area (Å²) in [7, 11) is 1.63. The lowest BCUT2D eigenvalue weighted by molar-refractivity contribution is 0.0934. The third-order valence-corrected chi connectivity index (χ3v) is 5.18. The predicted octanol–water partition coefficient (Wildman–Crippen LogP) is 4.95. The average Bonchev–Trinajstić information content (AvgIpc) is 3.16. The first kappa shape index (κ1) is 19.9. The normalized spacial score (nSPS) is 11.7. The van der Waals surface area contributed by atoms with Crippen LogP contribution in [0.2, 0.25) is 0 Å². The van der Waals surface area contributed by atoms with Crippen LogP contribution in [0, 0.1) is 6.92 Å². The number of anilines is 2. The number of carbonyl (C=O) groups is 1. The zero-order valence-electron chi connectivity index (χ0n) is 16.4. The van der Waals surface area contributed by atoms with Crippen LogP contribution in [0.25, 0.3) is 0 Å². The molecule has 0 bridgehead atoms. The van der Waals surface area contributed by atoms with Gasteiger partial charge in [0.1, 0.15) is 11.4 Å². The molecule has 146 valence electrons. The largest absolute Gasteiger partial charge is 0.495 e. The Kier molecular flexibility index (Phi) is 6.66. The van der Waals surface area contributed by atoms with E-state index in [2.05, 4.69) is 27.8 Å². The molecule has 0 spiro atoms. The quantitative estimate of drug-likeness (QED) is 0.566. The number of carbonyl (C=O) groups excluding carboxylic acids is 1. The Labute approximate surface area is 169 Å². The smallest absolute Gasteiger partial charge is 0.271 e. The topological polar surface area (TPSA) is 63.2 Å². The molecule has 0 saturated heterocycles. The van der Waals surface area contributed by atoms with E-state index in [1.807, 2.05) is 50.2 Å². The Morgan fingerprint density at radius 2 is 2.00 bits per heavy atom. The molecule has 1 amide bonds. The van der Waals surface area contributed by atoms with E-state index < -0.39 is 0 Å². The number of hydrogen-bond acceptors (Lipinski definition) is 5. The number of thiazole rings is 1. The summed E-state index contributed by atoms with van der Waals surface area (Å²) in [6, 6.07) is 16.2. The highest BCUT2D eigenvalue weighted by Crippen LogP contribution is 2.30. The van der Waals surface area contributed by atoms with Crippen molar-refractivity contribution in [1.29, 1.82) is 0 Å². The van der Waals surface area contributed by atoms with Crippen LogP contribution < -0.4 is 15.4 Å². The number of amides is 1. The minimum Gasteiger partial charge on any atom is -0.495 e. The molecule has 3 aromatic rings. The molecule has 1 atom stereocenters. The number of ether oxygens (including phenoxy) is 1. The van der Waals surface area contributed by atoms with E-state index in [0.29, 0.717) is 10.8 Å². The Bertz CT molecular complexity index is 925. The van der Waals surface area contributed by atoms with Gasteiger partial charge in [-0.05, 0) is 49.9 Å². The van der Waals surface area contributed by atoms with E-state index in [-0.39, 0.29) is 11.9 Å². The van der Waals surface area contributed by atoms with Crippen LogP contribution in [0.5, 0.6) is 5.75 Å². The van der Waals surface area contributed by atoms with Crippen LogP contribution in [0.4, 0.5) is 10.8 Å². The molecule has 3 rings (SSSR count). The molecule has 0 aliphatic heterocycles. The number of benzene rings is 2. The number of nitrogens with zero attached hydrogens (tertiary/aromatic N) is 1. The van der Waals surface area contributed by atoms with Crippen molar-refractivity contribution in [2.24, 2.45) is 0 Å². The summed E-state index contributed by atoms with van der Waals surface area (Å²) in [5.41, 5.74) is 3.65. The molecular formula is C22H25N3O2S. The minimum absolute atomic E-state index is 0.0719. The molecule has 2 aromatic carbocycles. The van der Waals surface area contributed by atoms with Gasteiger partial charge < -0.3 is 15.4 Å². The summed E-state index contributed by atoms with van der Waals surface area (Å²) >= 11 is 1.40. The third kappa shape index (κ3) is 5.33.